The van der Waals surface area contributed by atoms with E-state index >= 15 is 0 Å². The molecule has 19 rings (SSSR count). The number of fused-ring (bicyclic) bond motifs is 14. The van der Waals surface area contributed by atoms with Gasteiger partial charge in [0.15, 0.2) is 17.3 Å². The molecule has 14 aliphatic carbocycles. The van der Waals surface area contributed by atoms with E-state index in [0.29, 0.717) is 60.4 Å². The fourth-order valence-electron chi connectivity index (χ4n) is 24.9. The maximum atomic E-state index is 12.7. The SMILES string of the molecule is C.C[C@H](O)[C@H]1CC=C2C3=C(CC[C@@]21C)[C@@]1(C)C=CC(=O)C=C1CC3.Cc1ccc2c(c1)CCC(=O)[C@@]2(C)CC[C@@]1(C)CC=CC1=O.Cc1ccc2c(c1)CCC(=O)[C@@]2(C)CC[C@@]1(C)C[C@@H](O)CC1=O.Cc1ccc2c(c1)CCC1=C3C=CC(=O)[C@@]3(C)CC[C@]12C.Cc1ccc2c(c1)CCC1=C3CC(C)C[C@]3(C)CC[C@]12C.Cc1ccccc1. The molecule has 0 bridgehead atoms. The Morgan fingerprint density at radius 2 is 0.975 bits per heavy atom. The van der Waals surface area contributed by atoms with Crippen LogP contribution in [0.3, 0.4) is 0 Å². The van der Waals surface area contributed by atoms with Crippen LogP contribution in [0, 0.1) is 78.9 Å². The van der Waals surface area contributed by atoms with Gasteiger partial charge in [0.2, 0.25) is 0 Å². The van der Waals surface area contributed by atoms with Crippen molar-refractivity contribution >= 4 is 34.7 Å². The molecule has 5 aromatic carbocycles. The largest absolute Gasteiger partial charge is 0.393 e. The molecule has 0 aromatic heterocycles. The van der Waals surface area contributed by atoms with Crippen molar-refractivity contribution in [2.45, 2.75) is 326 Å². The Hall–Kier alpha value is -8.04. The fraction of sp³-hybridized carbons (Fsp3) is 0.527. The van der Waals surface area contributed by atoms with E-state index in [9.17, 15) is 39.0 Å². The Bertz CT molecular complexity index is 5110. The average molecular weight is 1590 g/mol. The smallest absolute Gasteiger partial charge is 0.178 e. The summed E-state index contributed by atoms with van der Waals surface area (Å²) in [6, 6.07) is 37.2. The Labute approximate surface area is 708 Å². The summed E-state index contributed by atoms with van der Waals surface area (Å²) in [4.78, 5) is 73.7. The summed E-state index contributed by atoms with van der Waals surface area (Å²) < 4.78 is 0. The quantitative estimate of drug-likeness (QED) is 0.153. The Kier molecular flexibility index (Phi) is 24.6. The highest BCUT2D eigenvalue weighted by Crippen LogP contribution is 2.64. The van der Waals surface area contributed by atoms with Crippen LogP contribution in [0.4, 0.5) is 0 Å². The molecule has 0 saturated heterocycles. The minimum absolute atomic E-state index is 0. The van der Waals surface area contributed by atoms with Crippen molar-refractivity contribution in [3.05, 3.63) is 269 Å². The van der Waals surface area contributed by atoms with Gasteiger partial charge in [-0.15, -0.1) is 0 Å². The lowest BCUT2D eigenvalue weighted by Gasteiger charge is -2.48. The lowest BCUT2D eigenvalue weighted by Crippen LogP contribution is -2.40. The molecule has 626 valence electrons. The molecule has 5 aromatic rings. The van der Waals surface area contributed by atoms with Crippen molar-refractivity contribution in [3.8, 4) is 0 Å². The van der Waals surface area contributed by atoms with E-state index in [1.807, 2.05) is 69.2 Å². The number of allylic oxidation sites excluding steroid dienone is 16. The fourth-order valence-corrected chi connectivity index (χ4v) is 24.9. The van der Waals surface area contributed by atoms with Crippen LogP contribution >= 0.6 is 0 Å². The zero-order valence-electron chi connectivity index (χ0n) is 74.0. The molecule has 8 nitrogen and oxygen atoms in total. The monoisotopic (exact) mass is 1590 g/mol. The van der Waals surface area contributed by atoms with Gasteiger partial charge in [0, 0.05) is 46.3 Å². The van der Waals surface area contributed by atoms with E-state index in [-0.39, 0.29) is 70.2 Å². The van der Waals surface area contributed by atoms with E-state index in [2.05, 4.69) is 193 Å². The van der Waals surface area contributed by atoms with Gasteiger partial charge < -0.3 is 10.2 Å². The van der Waals surface area contributed by atoms with E-state index in [1.165, 1.54) is 128 Å². The summed E-state index contributed by atoms with van der Waals surface area (Å²) in [5, 5.41) is 20.0. The van der Waals surface area contributed by atoms with Crippen LogP contribution in [0.5, 0.6) is 0 Å². The van der Waals surface area contributed by atoms with Crippen molar-refractivity contribution < 1.29 is 39.0 Å². The summed E-state index contributed by atoms with van der Waals surface area (Å²) >= 11 is 0. The van der Waals surface area contributed by atoms with Crippen molar-refractivity contribution in [1.29, 1.82) is 0 Å². The first-order chi connectivity index (χ1) is 55.2. The molecule has 8 heteroatoms. The second kappa shape index (κ2) is 33.1. The number of hydrogen-bond donors (Lipinski definition) is 2. The molecule has 2 N–H and O–H groups in total. The maximum absolute atomic E-state index is 12.7. The second-order valence-electron chi connectivity index (χ2n) is 41.2. The molecule has 14 aliphatic rings. The van der Waals surface area contributed by atoms with Gasteiger partial charge in [0.25, 0.3) is 0 Å². The zero-order valence-corrected chi connectivity index (χ0v) is 74.0. The Morgan fingerprint density at radius 3 is 1.50 bits per heavy atom. The number of carbonyl (C=O) groups excluding carboxylic acids is 6. The van der Waals surface area contributed by atoms with Gasteiger partial charge in [-0.3, -0.25) is 28.8 Å². The molecule has 0 radical (unpaired) electrons. The van der Waals surface area contributed by atoms with Gasteiger partial charge in [0.05, 0.1) is 28.5 Å². The van der Waals surface area contributed by atoms with Gasteiger partial charge in [-0.05, 0) is 325 Å². The third kappa shape index (κ3) is 16.0. The van der Waals surface area contributed by atoms with Crippen molar-refractivity contribution in [2.24, 2.45) is 44.3 Å². The molecule has 0 spiro atoms. The minimum atomic E-state index is -0.516. The summed E-state index contributed by atoms with van der Waals surface area (Å²) in [5.41, 5.74) is 29.2. The molecule has 118 heavy (non-hydrogen) atoms. The Balaban J connectivity index is 0.000000125. The molecular formula is C110H138O8. The molecule has 2 fully saturated rings. The number of rotatable bonds is 7. The van der Waals surface area contributed by atoms with Gasteiger partial charge in [0.1, 0.15) is 17.3 Å². The lowest BCUT2D eigenvalue weighted by molar-refractivity contribution is -0.128. The number of carbonyl (C=O) groups is 6. The van der Waals surface area contributed by atoms with Gasteiger partial charge in [-0.2, -0.15) is 0 Å². The topological polar surface area (TPSA) is 143 Å². The van der Waals surface area contributed by atoms with E-state index in [0.717, 1.165) is 101 Å². The number of hydrogen-bond acceptors (Lipinski definition) is 8. The van der Waals surface area contributed by atoms with E-state index in [1.54, 1.807) is 29.4 Å². The van der Waals surface area contributed by atoms with Crippen LogP contribution < -0.4 is 0 Å². The van der Waals surface area contributed by atoms with Crippen LogP contribution in [-0.2, 0) is 76.1 Å². The van der Waals surface area contributed by atoms with Crippen LogP contribution in [0.2, 0.25) is 0 Å². The molecule has 0 heterocycles. The summed E-state index contributed by atoms with van der Waals surface area (Å²) in [6.07, 6.45) is 39.9. The number of ketones is 6. The van der Waals surface area contributed by atoms with Crippen LogP contribution in [0.15, 0.2) is 196 Å². The van der Waals surface area contributed by atoms with Gasteiger partial charge >= 0.3 is 0 Å². The molecule has 1 unspecified atom stereocenters. The number of aliphatic hydroxyl groups is 2. The van der Waals surface area contributed by atoms with Crippen molar-refractivity contribution in [1.82, 2.24) is 0 Å². The predicted molar refractivity (Wildman–Crippen MR) is 482 cm³/mol. The maximum Gasteiger partial charge on any atom is 0.178 e. The number of benzene rings is 5. The molecule has 0 aliphatic heterocycles. The first-order valence-electron chi connectivity index (χ1n) is 44.9. The molecule has 0 amide bonds. The summed E-state index contributed by atoms with van der Waals surface area (Å²) in [6.45, 7) is 37.4. The van der Waals surface area contributed by atoms with Crippen molar-refractivity contribution in [3.63, 3.8) is 0 Å². The minimum Gasteiger partial charge on any atom is -0.393 e. The highest BCUT2D eigenvalue weighted by molar-refractivity contribution is 6.03. The number of aryl methyl sites for hydroxylation is 9. The van der Waals surface area contributed by atoms with Gasteiger partial charge in [-0.25, -0.2) is 0 Å². The van der Waals surface area contributed by atoms with Crippen LogP contribution in [0.25, 0.3) is 0 Å². The molecular weight excluding hydrogens is 1450 g/mol. The third-order valence-corrected chi connectivity index (χ3v) is 32.6. The number of aliphatic hydroxyl groups excluding tert-OH is 2. The first kappa shape index (κ1) is 87.8. The summed E-state index contributed by atoms with van der Waals surface area (Å²) in [7, 11) is 0. The first-order valence-corrected chi connectivity index (χ1v) is 44.9. The van der Waals surface area contributed by atoms with E-state index < -0.39 is 22.3 Å². The predicted octanol–water partition coefficient (Wildman–Crippen LogP) is 24.4. The normalized spacial score (nSPS) is 33.4. The van der Waals surface area contributed by atoms with Crippen molar-refractivity contribution in [2.75, 3.05) is 0 Å². The summed E-state index contributed by atoms with van der Waals surface area (Å²) in [5.74, 6) is 2.64. The highest BCUT2D eigenvalue weighted by Gasteiger charge is 2.55. The zero-order chi connectivity index (χ0) is 84.0. The average Bonchev–Trinajstić information content (AvgIpc) is 1.46. The Morgan fingerprint density at radius 1 is 0.458 bits per heavy atom. The molecule has 14 atom stereocenters. The van der Waals surface area contributed by atoms with E-state index in [4.69, 9.17) is 0 Å². The van der Waals surface area contributed by atoms with Crippen LogP contribution in [-0.4, -0.2) is 57.1 Å². The van der Waals surface area contributed by atoms with Gasteiger partial charge in [-0.1, -0.05) is 239 Å². The number of Topliss-reactive ketones (excluding diaryl/α,β-unsaturated/α-hetero) is 3. The highest BCUT2D eigenvalue weighted by atomic mass is 16.3. The standard InChI is InChI=1S/C21H26O2.C21H28.C20H26O3.C20H24O2.C20H22O.C7H8.CH4/c1-13(22)17-6-7-18-16-5-4-14-12-15(23)8-10-20(14,2)19(16)9-11-21(17,18)3;1-14-5-7-17-16(11-14)6-8-18-19-12-15(2)13-20(19,3)9-10-21(17,18)4;1-13-4-6-16-14(10-13)5-7-17(22)20(16,3)9-8-19(2)12-15(21)11-18(19)23;1-14-6-8-16-15(13-14)7-9-18(22)20(16,3)12-11-19(2)10-4-5-17(19)21;1-13-4-6-15-14(12-13)5-7-16-17-8-9-18(21)20(17,3)11-10-19(15,16)2;1-7-5-3-2-4-6-7;/h7-8,10,12-13,17,22H,4-6,9,11H2,1-3H3;5,7,11,15H,6,8-10,12-13H2,1-4H3;4,6,10,15,21H,5,7-9,11-12H2,1-3H3;4-6,8,13H,7,9-12H2,1-3H3;4,6,8-9,12H,5,7,10-11H2,1-3H3;2-6H,1H3;1H4/t13-,17+,20-,21+;15?,20-,21-;15-,19-,20-;19-,20+;19-,20-;;/m00010../s1. The molecule has 2 saturated carbocycles. The van der Waals surface area contributed by atoms with Crippen LogP contribution in [0.1, 0.15) is 304 Å². The third-order valence-electron chi connectivity index (χ3n) is 32.6. The second-order valence-corrected chi connectivity index (χ2v) is 41.2. The lowest BCUT2D eigenvalue weighted by atomic mass is 9.56.